The van der Waals surface area contributed by atoms with Crippen molar-refractivity contribution >= 4 is 5.71 Å². The molecule has 0 aliphatic heterocycles. The molecule has 0 spiro atoms. The molecule has 72 valence electrons. The number of rotatable bonds is 6. The maximum absolute atomic E-state index is 7.59. The summed E-state index contributed by atoms with van der Waals surface area (Å²) in [7, 11) is 3.20. The zero-order chi connectivity index (χ0) is 9.61. The van der Waals surface area contributed by atoms with E-state index in [2.05, 4.69) is 6.92 Å². The standard InChI is InChI=1S/C9H19NO2/c1-5-6-8(10)7-9(2,11-3)12-4/h10H,5-7H2,1-4H3. The SMILES string of the molecule is CCCC(=N)CC(C)(OC)OC. The van der Waals surface area contributed by atoms with Crippen LogP contribution in [0.3, 0.4) is 0 Å². The Labute approximate surface area is 74.6 Å². The molecule has 0 bridgehead atoms. The van der Waals surface area contributed by atoms with Crippen molar-refractivity contribution in [2.24, 2.45) is 0 Å². The average Bonchev–Trinajstić information content (AvgIpc) is 2.05. The summed E-state index contributed by atoms with van der Waals surface area (Å²) in [5.74, 6) is -0.619. The van der Waals surface area contributed by atoms with Gasteiger partial charge in [-0.25, -0.2) is 0 Å². The predicted molar refractivity (Wildman–Crippen MR) is 49.7 cm³/mol. The van der Waals surface area contributed by atoms with Gasteiger partial charge in [0.2, 0.25) is 0 Å². The summed E-state index contributed by atoms with van der Waals surface area (Å²) in [4.78, 5) is 0. The zero-order valence-electron chi connectivity index (χ0n) is 8.44. The maximum Gasteiger partial charge on any atom is 0.169 e. The fourth-order valence-corrected chi connectivity index (χ4v) is 1.01. The van der Waals surface area contributed by atoms with Gasteiger partial charge >= 0.3 is 0 Å². The van der Waals surface area contributed by atoms with Crippen LogP contribution in [0, 0.1) is 5.41 Å². The van der Waals surface area contributed by atoms with E-state index in [0.717, 1.165) is 12.8 Å². The van der Waals surface area contributed by atoms with E-state index in [-0.39, 0.29) is 0 Å². The van der Waals surface area contributed by atoms with Gasteiger partial charge in [-0.15, -0.1) is 0 Å². The first kappa shape index (κ1) is 11.6. The Morgan fingerprint density at radius 2 is 1.83 bits per heavy atom. The van der Waals surface area contributed by atoms with Crippen LogP contribution in [0.1, 0.15) is 33.1 Å². The number of nitrogens with one attached hydrogen (secondary N) is 1. The summed E-state index contributed by atoms with van der Waals surface area (Å²) in [5.41, 5.74) is 0.684. The fraction of sp³-hybridized carbons (Fsp3) is 0.889. The lowest BCUT2D eigenvalue weighted by Crippen LogP contribution is -2.32. The van der Waals surface area contributed by atoms with Crippen LogP contribution >= 0.6 is 0 Å². The van der Waals surface area contributed by atoms with Gasteiger partial charge in [-0.3, -0.25) is 0 Å². The van der Waals surface area contributed by atoms with Crippen LogP contribution in [0.25, 0.3) is 0 Å². The average molecular weight is 173 g/mol. The second-order valence-corrected chi connectivity index (χ2v) is 3.07. The molecular formula is C9H19NO2. The van der Waals surface area contributed by atoms with E-state index in [0.29, 0.717) is 12.1 Å². The Bertz CT molecular complexity index is 141. The van der Waals surface area contributed by atoms with Crippen LogP contribution in [-0.4, -0.2) is 25.7 Å². The third-order valence-corrected chi connectivity index (χ3v) is 1.95. The molecule has 0 heterocycles. The van der Waals surface area contributed by atoms with Gasteiger partial charge in [0.1, 0.15) is 0 Å². The molecule has 0 unspecified atom stereocenters. The van der Waals surface area contributed by atoms with E-state index in [9.17, 15) is 0 Å². The minimum atomic E-state index is -0.619. The Morgan fingerprint density at radius 3 is 2.17 bits per heavy atom. The van der Waals surface area contributed by atoms with Crippen molar-refractivity contribution in [3.63, 3.8) is 0 Å². The van der Waals surface area contributed by atoms with Gasteiger partial charge in [0.25, 0.3) is 0 Å². The summed E-state index contributed by atoms with van der Waals surface area (Å²) >= 11 is 0. The number of hydrogen-bond acceptors (Lipinski definition) is 3. The number of methoxy groups -OCH3 is 2. The van der Waals surface area contributed by atoms with Crippen molar-refractivity contribution in [3.8, 4) is 0 Å². The first-order chi connectivity index (χ1) is 5.58. The Morgan fingerprint density at radius 1 is 1.33 bits per heavy atom. The minimum Gasteiger partial charge on any atom is -0.353 e. The van der Waals surface area contributed by atoms with Crippen LogP contribution in [0.15, 0.2) is 0 Å². The molecule has 0 aromatic carbocycles. The highest BCUT2D eigenvalue weighted by Crippen LogP contribution is 2.16. The molecule has 0 aromatic rings. The highest BCUT2D eigenvalue weighted by atomic mass is 16.7. The van der Waals surface area contributed by atoms with Crippen molar-refractivity contribution in [3.05, 3.63) is 0 Å². The summed E-state index contributed by atoms with van der Waals surface area (Å²) in [6.45, 7) is 3.91. The van der Waals surface area contributed by atoms with Crippen molar-refractivity contribution < 1.29 is 9.47 Å². The third-order valence-electron chi connectivity index (χ3n) is 1.95. The van der Waals surface area contributed by atoms with Gasteiger partial charge in [-0.2, -0.15) is 0 Å². The molecule has 0 atom stereocenters. The van der Waals surface area contributed by atoms with E-state index < -0.39 is 5.79 Å². The van der Waals surface area contributed by atoms with Crippen LogP contribution in [0.2, 0.25) is 0 Å². The minimum absolute atomic E-state index is 0.549. The van der Waals surface area contributed by atoms with Crippen molar-refractivity contribution in [1.82, 2.24) is 0 Å². The molecule has 12 heavy (non-hydrogen) atoms. The molecule has 3 heteroatoms. The first-order valence-electron chi connectivity index (χ1n) is 4.24. The second-order valence-electron chi connectivity index (χ2n) is 3.07. The van der Waals surface area contributed by atoms with Crippen LogP contribution in [0.5, 0.6) is 0 Å². The highest BCUT2D eigenvalue weighted by molar-refractivity contribution is 5.81. The molecule has 3 nitrogen and oxygen atoms in total. The third kappa shape index (κ3) is 3.83. The second kappa shape index (κ2) is 5.27. The lowest BCUT2D eigenvalue weighted by atomic mass is 10.1. The van der Waals surface area contributed by atoms with Gasteiger partial charge in [-0.05, 0) is 13.3 Å². The highest BCUT2D eigenvalue weighted by Gasteiger charge is 2.23. The van der Waals surface area contributed by atoms with Gasteiger partial charge < -0.3 is 14.9 Å². The molecule has 0 aliphatic rings. The monoisotopic (exact) mass is 173 g/mol. The van der Waals surface area contributed by atoms with Crippen LogP contribution < -0.4 is 0 Å². The molecule has 0 amide bonds. The Kier molecular flexibility index (Phi) is 5.09. The maximum atomic E-state index is 7.59. The smallest absolute Gasteiger partial charge is 0.169 e. The molecule has 0 saturated carbocycles. The molecule has 0 radical (unpaired) electrons. The molecule has 0 rings (SSSR count). The summed E-state index contributed by atoms with van der Waals surface area (Å²) < 4.78 is 10.3. The molecule has 0 saturated heterocycles. The van der Waals surface area contributed by atoms with Gasteiger partial charge in [0, 0.05) is 26.4 Å². The Balaban J connectivity index is 3.93. The lowest BCUT2D eigenvalue weighted by molar-refractivity contribution is -0.187. The molecule has 1 N–H and O–H groups in total. The molecular weight excluding hydrogens is 154 g/mol. The van der Waals surface area contributed by atoms with E-state index in [1.807, 2.05) is 6.92 Å². The molecule has 0 aliphatic carbocycles. The van der Waals surface area contributed by atoms with E-state index in [1.54, 1.807) is 14.2 Å². The number of hydrogen-bond donors (Lipinski definition) is 1. The van der Waals surface area contributed by atoms with Gasteiger partial charge in [-0.1, -0.05) is 13.3 Å². The van der Waals surface area contributed by atoms with E-state index >= 15 is 0 Å². The topological polar surface area (TPSA) is 42.3 Å². The van der Waals surface area contributed by atoms with Crippen molar-refractivity contribution in [2.75, 3.05) is 14.2 Å². The van der Waals surface area contributed by atoms with E-state index in [4.69, 9.17) is 14.9 Å². The molecule has 0 fully saturated rings. The van der Waals surface area contributed by atoms with Crippen molar-refractivity contribution in [2.45, 2.75) is 38.9 Å². The molecule has 0 aromatic heterocycles. The lowest BCUT2D eigenvalue weighted by Gasteiger charge is -2.26. The zero-order valence-corrected chi connectivity index (χ0v) is 8.44. The fourth-order valence-electron chi connectivity index (χ4n) is 1.01. The van der Waals surface area contributed by atoms with Crippen LogP contribution in [0.4, 0.5) is 0 Å². The largest absolute Gasteiger partial charge is 0.353 e. The summed E-state index contributed by atoms with van der Waals surface area (Å²) in [6, 6.07) is 0. The normalized spacial score (nSPS) is 11.7. The predicted octanol–water partition coefficient (Wildman–Crippen LogP) is 2.21. The number of ether oxygens (including phenoxy) is 2. The van der Waals surface area contributed by atoms with Gasteiger partial charge in [0.15, 0.2) is 5.79 Å². The van der Waals surface area contributed by atoms with E-state index in [1.165, 1.54) is 0 Å². The summed E-state index contributed by atoms with van der Waals surface area (Å²) in [5, 5.41) is 7.59. The summed E-state index contributed by atoms with van der Waals surface area (Å²) in [6.07, 6.45) is 2.37. The quantitative estimate of drug-likeness (QED) is 0.494. The first-order valence-corrected chi connectivity index (χ1v) is 4.24. The van der Waals surface area contributed by atoms with Crippen molar-refractivity contribution in [1.29, 1.82) is 5.41 Å². The van der Waals surface area contributed by atoms with Gasteiger partial charge in [0.05, 0.1) is 0 Å². The van der Waals surface area contributed by atoms with Crippen LogP contribution in [-0.2, 0) is 9.47 Å². The Hall–Kier alpha value is -0.410.